The molecule has 3 rings (SSSR count). The fourth-order valence-corrected chi connectivity index (χ4v) is 3.78. The van der Waals surface area contributed by atoms with Gasteiger partial charge in [-0.25, -0.2) is 4.39 Å². The molecule has 1 aliphatic heterocycles. The average Bonchev–Trinajstić information content (AvgIpc) is 2.82. The van der Waals surface area contributed by atoms with Crippen LogP contribution in [0, 0.1) is 17.7 Å². The van der Waals surface area contributed by atoms with E-state index >= 15 is 0 Å². The lowest BCUT2D eigenvalue weighted by Crippen LogP contribution is -2.38. The molecule has 3 heteroatoms. The van der Waals surface area contributed by atoms with Crippen molar-refractivity contribution in [1.82, 2.24) is 0 Å². The van der Waals surface area contributed by atoms with Crippen LogP contribution >= 0.6 is 0 Å². The molecule has 0 saturated heterocycles. The third kappa shape index (κ3) is 2.83. The Kier molecular flexibility index (Phi) is 3.97. The first-order valence-corrected chi connectivity index (χ1v) is 7.86. The van der Waals surface area contributed by atoms with Crippen molar-refractivity contribution >= 4 is 0 Å². The summed E-state index contributed by atoms with van der Waals surface area (Å²) in [6, 6.07) is 5.13. The average molecular weight is 277 g/mol. The van der Waals surface area contributed by atoms with E-state index in [1.165, 1.54) is 25.3 Å². The maximum atomic E-state index is 13.2. The van der Waals surface area contributed by atoms with Crippen LogP contribution in [-0.2, 0) is 6.42 Å². The second-order valence-electron chi connectivity index (χ2n) is 6.44. The smallest absolute Gasteiger partial charge is 0.123 e. The number of rotatable bonds is 3. The fourth-order valence-electron chi connectivity index (χ4n) is 3.78. The minimum absolute atomic E-state index is 0.173. The maximum Gasteiger partial charge on any atom is 0.123 e. The number of hydrogen-bond donors (Lipinski definition) is 1. The first-order chi connectivity index (χ1) is 9.65. The van der Waals surface area contributed by atoms with Crippen LogP contribution < -0.4 is 10.5 Å². The molecule has 110 valence electrons. The molecule has 0 aromatic heterocycles. The van der Waals surface area contributed by atoms with Crippen molar-refractivity contribution in [3.8, 4) is 5.75 Å². The van der Waals surface area contributed by atoms with E-state index in [9.17, 15) is 4.39 Å². The summed E-state index contributed by atoms with van der Waals surface area (Å²) in [5, 5.41) is 0. The van der Waals surface area contributed by atoms with Crippen LogP contribution in [0.25, 0.3) is 0 Å². The molecular formula is C17H24FNO. The Bertz CT molecular complexity index is 476. The lowest BCUT2D eigenvalue weighted by atomic mass is 9.75. The Hall–Kier alpha value is -1.09. The zero-order chi connectivity index (χ0) is 14.1. The van der Waals surface area contributed by atoms with Gasteiger partial charge in [0.25, 0.3) is 0 Å². The fraction of sp³-hybridized carbons (Fsp3) is 0.647. The van der Waals surface area contributed by atoms with E-state index < -0.39 is 0 Å². The normalized spacial score (nSPS) is 32.8. The minimum atomic E-state index is -0.173. The van der Waals surface area contributed by atoms with Crippen molar-refractivity contribution in [2.45, 2.75) is 57.6 Å². The van der Waals surface area contributed by atoms with Crippen molar-refractivity contribution in [2.75, 3.05) is 0 Å². The van der Waals surface area contributed by atoms with Gasteiger partial charge in [-0.2, -0.15) is 0 Å². The highest BCUT2D eigenvalue weighted by Gasteiger charge is 2.32. The van der Waals surface area contributed by atoms with Gasteiger partial charge in [0.1, 0.15) is 17.7 Å². The van der Waals surface area contributed by atoms with Crippen LogP contribution in [-0.4, -0.2) is 12.1 Å². The van der Waals surface area contributed by atoms with Crippen molar-refractivity contribution in [2.24, 2.45) is 17.6 Å². The molecule has 1 aromatic rings. The maximum absolute atomic E-state index is 13.2. The molecular weight excluding hydrogens is 253 g/mol. The monoisotopic (exact) mass is 277 g/mol. The number of ether oxygens (including phenoxy) is 1. The molecule has 0 bridgehead atoms. The van der Waals surface area contributed by atoms with Gasteiger partial charge in [0.2, 0.25) is 0 Å². The summed E-state index contributed by atoms with van der Waals surface area (Å²) in [6.45, 7) is 2.27. The number of fused-ring (bicyclic) bond motifs is 1. The minimum Gasteiger partial charge on any atom is -0.490 e. The van der Waals surface area contributed by atoms with Gasteiger partial charge < -0.3 is 10.5 Å². The largest absolute Gasteiger partial charge is 0.490 e. The van der Waals surface area contributed by atoms with Crippen LogP contribution in [0.4, 0.5) is 4.39 Å². The summed E-state index contributed by atoms with van der Waals surface area (Å²) < 4.78 is 19.2. The Balaban J connectivity index is 1.62. The van der Waals surface area contributed by atoms with Gasteiger partial charge in [-0.1, -0.05) is 13.3 Å². The molecule has 0 spiro atoms. The first kappa shape index (κ1) is 13.9. The van der Waals surface area contributed by atoms with Crippen LogP contribution in [0.3, 0.4) is 0 Å². The van der Waals surface area contributed by atoms with E-state index in [1.807, 2.05) is 0 Å². The van der Waals surface area contributed by atoms with Gasteiger partial charge >= 0.3 is 0 Å². The van der Waals surface area contributed by atoms with Gasteiger partial charge in [0.15, 0.2) is 0 Å². The molecule has 1 fully saturated rings. The van der Waals surface area contributed by atoms with Gasteiger partial charge in [0.05, 0.1) is 0 Å². The molecule has 0 radical (unpaired) electrons. The summed E-state index contributed by atoms with van der Waals surface area (Å²) >= 11 is 0. The molecule has 1 heterocycles. The SMILES string of the molecule is CCC1CCC(N)C(CC2Cc3cc(F)ccc3O2)C1. The van der Waals surface area contributed by atoms with Crippen molar-refractivity contribution in [3.63, 3.8) is 0 Å². The summed E-state index contributed by atoms with van der Waals surface area (Å²) in [5.41, 5.74) is 7.29. The molecule has 1 aromatic carbocycles. The summed E-state index contributed by atoms with van der Waals surface area (Å²) in [7, 11) is 0. The molecule has 2 aliphatic rings. The van der Waals surface area contributed by atoms with Crippen LogP contribution in [0.15, 0.2) is 18.2 Å². The third-order valence-corrected chi connectivity index (χ3v) is 5.06. The Morgan fingerprint density at radius 3 is 3.00 bits per heavy atom. The molecule has 0 amide bonds. The molecule has 20 heavy (non-hydrogen) atoms. The summed E-state index contributed by atoms with van der Waals surface area (Å²) in [5.74, 6) is 2.06. The van der Waals surface area contributed by atoms with Crippen molar-refractivity contribution in [1.29, 1.82) is 0 Å². The molecule has 2 N–H and O–H groups in total. The van der Waals surface area contributed by atoms with Crippen LogP contribution in [0.2, 0.25) is 0 Å². The Labute approximate surface area is 120 Å². The highest BCUT2D eigenvalue weighted by molar-refractivity contribution is 5.37. The second-order valence-corrected chi connectivity index (χ2v) is 6.44. The quantitative estimate of drug-likeness (QED) is 0.915. The highest BCUT2D eigenvalue weighted by Crippen LogP contribution is 2.37. The van der Waals surface area contributed by atoms with E-state index in [0.717, 1.165) is 36.5 Å². The van der Waals surface area contributed by atoms with Crippen molar-refractivity contribution < 1.29 is 9.13 Å². The number of hydrogen-bond acceptors (Lipinski definition) is 2. The van der Waals surface area contributed by atoms with E-state index in [4.69, 9.17) is 10.5 Å². The number of nitrogens with two attached hydrogens (primary N) is 1. The van der Waals surface area contributed by atoms with Gasteiger partial charge in [-0.3, -0.25) is 0 Å². The lowest BCUT2D eigenvalue weighted by molar-refractivity contribution is 0.142. The van der Waals surface area contributed by atoms with Crippen molar-refractivity contribution in [3.05, 3.63) is 29.6 Å². The zero-order valence-electron chi connectivity index (χ0n) is 12.1. The molecule has 2 nitrogen and oxygen atoms in total. The summed E-state index contributed by atoms with van der Waals surface area (Å²) in [4.78, 5) is 0. The molecule has 1 aliphatic carbocycles. The number of benzene rings is 1. The zero-order valence-corrected chi connectivity index (χ0v) is 12.1. The predicted molar refractivity (Wildman–Crippen MR) is 78.2 cm³/mol. The summed E-state index contributed by atoms with van der Waals surface area (Å²) in [6.07, 6.45) is 6.89. The van der Waals surface area contributed by atoms with E-state index in [2.05, 4.69) is 6.92 Å². The first-order valence-electron chi connectivity index (χ1n) is 7.86. The van der Waals surface area contributed by atoms with E-state index in [1.54, 1.807) is 12.1 Å². The Morgan fingerprint density at radius 1 is 1.35 bits per heavy atom. The number of halogens is 1. The molecule has 4 unspecified atom stereocenters. The van der Waals surface area contributed by atoms with Gasteiger partial charge in [-0.05, 0) is 55.7 Å². The topological polar surface area (TPSA) is 35.2 Å². The van der Waals surface area contributed by atoms with E-state index in [0.29, 0.717) is 12.0 Å². The Morgan fingerprint density at radius 2 is 2.20 bits per heavy atom. The third-order valence-electron chi connectivity index (χ3n) is 5.06. The molecule has 1 saturated carbocycles. The second kappa shape index (κ2) is 5.72. The standard InChI is InChI=1S/C17H24FNO/c1-2-11-3-5-16(19)12(7-11)9-15-10-13-8-14(18)4-6-17(13)20-15/h4,6,8,11-12,15-16H,2-3,5,7,9-10,19H2,1H3. The van der Waals surface area contributed by atoms with Gasteiger partial charge in [0, 0.05) is 18.0 Å². The van der Waals surface area contributed by atoms with E-state index in [-0.39, 0.29) is 11.9 Å². The predicted octanol–water partition coefficient (Wildman–Crippen LogP) is 3.67. The van der Waals surface area contributed by atoms with Crippen LogP contribution in [0.5, 0.6) is 5.75 Å². The van der Waals surface area contributed by atoms with Gasteiger partial charge in [-0.15, -0.1) is 0 Å². The lowest BCUT2D eigenvalue weighted by Gasteiger charge is -2.35. The van der Waals surface area contributed by atoms with Crippen LogP contribution in [0.1, 0.15) is 44.6 Å². The highest BCUT2D eigenvalue weighted by atomic mass is 19.1. The molecule has 4 atom stereocenters.